The van der Waals surface area contributed by atoms with E-state index in [-0.39, 0.29) is 25.9 Å². The molecule has 692 valence electrons. The standard InChI is InChI=1S/C36H69N7O15Si3.C13H22N4O4Si.C11H22N2O3S2Si.C11H21NO6Si/c44-34(37-4-1-31-59-50-22-10-41(11-23-51-59)12-24-52-59)47-19-7-40(8-20-48-35(45)38-5-2-32-60-53-25-13-42(14-26-54-60)15-27-55-60)9-21-49-36(46)39-6-3-33-61-56-28-16-43(17-29-57-61)18-30-58-61;18-13(17-4-3-14-12-17)15-2-1-11-22-19-8-5-16(6-9-20-22)7-10-21-22;1-18-11(17)12-3-2-10-19-14-7-4-13(5-8-15-19)6-9-16-19;1-14-11(13)15-6-2-10-19-16-7-3-12(4-8-17-19)5-9-18-19/h1-33H2,(H,37,44)(H,38,45)(H,39,46);3-4,12H,1-2,5-11H2,(H,15,18);2-10H2,1H3,(H,12,17);2-10H2,1H3. The van der Waals surface area contributed by atoms with Crippen molar-refractivity contribution in [2.75, 3.05) is 329 Å². The Balaban J connectivity index is 0.000000205. The molecular formula is C71H134N14O28S2Si6. The molecule has 42 nitrogen and oxygen atoms in total. The topological polar surface area (TPSA) is 398 Å². The Labute approximate surface area is 727 Å². The number of nitrogens with one attached hydrogen (secondary N) is 5. The van der Waals surface area contributed by atoms with Crippen LogP contribution in [-0.4, -0.2) is 460 Å². The fourth-order valence-electron chi connectivity index (χ4n) is 14.8. The number of hydrogen-bond donors (Lipinski definition) is 5. The van der Waals surface area contributed by atoms with Gasteiger partial charge in [0.1, 0.15) is 30.5 Å². The predicted molar refractivity (Wildman–Crippen MR) is 455 cm³/mol. The molecule has 121 heavy (non-hydrogen) atoms. The molecule has 12 bridgehead atoms. The summed E-state index contributed by atoms with van der Waals surface area (Å²) in [7, 11) is -14.6. The van der Waals surface area contributed by atoms with E-state index in [1.165, 1.54) is 18.0 Å². The SMILES string of the molecule is COC(=O)OCCC[Si]12OCCN(CCO1)CCO2.CSC(=S)NCCC[Si]12OCCN(CCO1)CCO2.O=C(NCCC[Si]12OCCN(CCO1)CCO2)OCCN(CCOC(=O)NCCC[Si]12OCCN(CCO1)CCO2)CCOC(=O)NCCC[Si]12OCCN(CCO1)CCO2.O=C(NCCC[Si]12OCCN(CCO1)CCO2)n1ccnc1. The number of thioether (sulfide) groups is 1. The smallest absolute Gasteiger partial charge is 0.448 e. The number of rotatable bonds is 33. The zero-order valence-corrected chi connectivity index (χ0v) is 78.6. The average Bonchev–Trinajstić information content (AvgIpc) is 1.38. The van der Waals surface area contributed by atoms with Crippen LogP contribution in [0.5, 0.6) is 0 Å². The third kappa shape index (κ3) is 36.8. The van der Waals surface area contributed by atoms with Gasteiger partial charge in [0.2, 0.25) is 0 Å². The molecule has 0 unspecified atom stereocenters. The van der Waals surface area contributed by atoms with E-state index in [0.29, 0.717) is 201 Å². The number of nitrogens with zero attached hydrogens (tertiary/aromatic N) is 9. The molecule has 4 amide bonds. The number of fused-ring (bicyclic) bond motifs is 36. The summed E-state index contributed by atoms with van der Waals surface area (Å²) >= 11 is 6.68. The van der Waals surface area contributed by atoms with Crippen LogP contribution < -0.4 is 26.6 Å². The molecule has 18 saturated heterocycles. The minimum absolute atomic E-state index is 0.0700. The first kappa shape index (κ1) is 99.5. The molecule has 19 heterocycles. The Morgan fingerprint density at radius 3 is 0.826 bits per heavy atom. The van der Waals surface area contributed by atoms with Gasteiger partial charge in [-0.2, -0.15) is 0 Å². The van der Waals surface area contributed by atoms with Crippen LogP contribution in [0.3, 0.4) is 0 Å². The molecule has 19 rings (SSSR count). The number of ether oxygens (including phenoxy) is 5. The van der Waals surface area contributed by atoms with E-state index in [4.69, 9.17) is 111 Å². The van der Waals surface area contributed by atoms with Crippen molar-refractivity contribution >= 4 is 112 Å². The van der Waals surface area contributed by atoms with Crippen molar-refractivity contribution in [1.29, 1.82) is 0 Å². The number of aromatic nitrogens is 2. The zero-order valence-electron chi connectivity index (χ0n) is 70.9. The Hall–Kier alpha value is -3.70. The quantitative estimate of drug-likeness (QED) is 0.0217. The number of carbonyl (C=O) groups excluding carboxylic acids is 5. The Bertz CT molecular complexity index is 2790. The molecule has 18 fully saturated rings. The Morgan fingerprint density at radius 1 is 0.355 bits per heavy atom. The summed E-state index contributed by atoms with van der Waals surface area (Å²) in [5.41, 5.74) is 0. The van der Waals surface area contributed by atoms with Crippen molar-refractivity contribution in [3.63, 3.8) is 0 Å². The summed E-state index contributed by atoms with van der Waals surface area (Å²) in [5, 5.41) is 14.5. The summed E-state index contributed by atoms with van der Waals surface area (Å²) in [5.74, 6) is 0. The third-order valence-corrected chi connectivity index (χ3v) is 40.2. The fraction of sp³-hybridized carbons (Fsp3) is 0.873. The molecule has 0 radical (unpaired) electrons. The van der Waals surface area contributed by atoms with Crippen molar-refractivity contribution in [2.45, 2.75) is 74.8 Å². The minimum Gasteiger partial charge on any atom is -0.448 e. The summed E-state index contributed by atoms with van der Waals surface area (Å²) in [4.78, 5) is 79.9. The monoisotopic (exact) mass is 1860 g/mol. The van der Waals surface area contributed by atoms with Crippen molar-refractivity contribution < 1.29 is 127 Å². The first-order valence-corrected chi connectivity index (χ1v) is 56.4. The van der Waals surface area contributed by atoms with Gasteiger partial charge in [-0.25, -0.2) is 29.0 Å². The van der Waals surface area contributed by atoms with Gasteiger partial charge in [0, 0.05) is 219 Å². The second-order valence-electron chi connectivity index (χ2n) is 30.0. The Kier molecular flexibility index (Phi) is 45.4. The van der Waals surface area contributed by atoms with E-state index in [1.807, 2.05) is 11.2 Å². The van der Waals surface area contributed by atoms with Crippen molar-refractivity contribution in [2.24, 2.45) is 0 Å². The van der Waals surface area contributed by atoms with Gasteiger partial charge in [-0.3, -0.25) is 38.9 Å². The largest absolute Gasteiger partial charge is 0.507 e. The third-order valence-electron chi connectivity index (χ3n) is 21.6. The molecular weight excluding hydrogens is 1730 g/mol. The van der Waals surface area contributed by atoms with Crippen LogP contribution in [0.2, 0.25) is 36.3 Å². The van der Waals surface area contributed by atoms with Gasteiger partial charge >= 0.3 is 83.3 Å². The highest BCUT2D eigenvalue weighted by Gasteiger charge is 2.49. The lowest BCUT2D eigenvalue weighted by Crippen LogP contribution is -2.55. The van der Waals surface area contributed by atoms with Crippen molar-refractivity contribution in [3.05, 3.63) is 18.7 Å². The van der Waals surface area contributed by atoms with Crippen LogP contribution in [0.4, 0.5) is 24.0 Å². The maximum Gasteiger partial charge on any atom is 0.507 e. The summed E-state index contributed by atoms with van der Waals surface area (Å²) in [6, 6.07) is 3.93. The normalized spacial score (nSPS) is 30.4. The van der Waals surface area contributed by atoms with Gasteiger partial charge in [0.05, 0.1) is 133 Å². The zero-order chi connectivity index (χ0) is 84.8. The van der Waals surface area contributed by atoms with Gasteiger partial charge in [0.25, 0.3) is 0 Å². The second kappa shape index (κ2) is 55.2. The molecule has 0 aromatic carbocycles. The van der Waals surface area contributed by atoms with Crippen LogP contribution in [-0.2, 0) is 103 Å². The number of amides is 4. The summed E-state index contributed by atoms with van der Waals surface area (Å²) in [6.45, 7) is 31.8. The van der Waals surface area contributed by atoms with Gasteiger partial charge in [-0.15, -0.1) is 11.8 Å². The molecule has 0 aliphatic carbocycles. The maximum atomic E-state index is 12.6. The van der Waals surface area contributed by atoms with E-state index >= 15 is 0 Å². The molecule has 1 aromatic rings. The molecule has 50 heteroatoms. The van der Waals surface area contributed by atoms with Crippen LogP contribution in [0.1, 0.15) is 38.5 Å². The number of carbonyl (C=O) groups is 5. The number of thiocarbonyl (C=S) groups is 1. The lowest BCUT2D eigenvalue weighted by atomic mass is 10.4. The number of alkyl carbamates (subject to hydrolysis) is 3. The highest BCUT2D eigenvalue weighted by molar-refractivity contribution is 8.22. The molecule has 0 atom stereocenters. The first-order chi connectivity index (χ1) is 59.1. The number of hydrogen-bond acceptors (Lipinski definition) is 38. The van der Waals surface area contributed by atoms with E-state index in [2.05, 4.69) is 65.7 Å². The summed E-state index contributed by atoms with van der Waals surface area (Å²) < 4.78 is 136. The van der Waals surface area contributed by atoms with E-state index in [0.717, 1.165) is 173 Å². The molecule has 18 aliphatic heterocycles. The average molecular weight is 1860 g/mol. The fourth-order valence-corrected chi connectivity index (χ4v) is 30.1. The molecule has 1 aromatic heterocycles. The van der Waals surface area contributed by atoms with Crippen LogP contribution in [0.25, 0.3) is 0 Å². The van der Waals surface area contributed by atoms with Gasteiger partial charge in [-0.05, 0) is 44.8 Å². The molecule has 0 spiro atoms. The molecule has 0 saturated carbocycles. The lowest BCUT2D eigenvalue weighted by Gasteiger charge is -2.38. The highest BCUT2D eigenvalue weighted by atomic mass is 32.2. The van der Waals surface area contributed by atoms with Crippen LogP contribution in [0.15, 0.2) is 18.7 Å². The van der Waals surface area contributed by atoms with Gasteiger partial charge < -0.3 is 130 Å². The minimum atomic E-state index is -2.77. The van der Waals surface area contributed by atoms with Crippen molar-refractivity contribution in [1.82, 2.24) is 70.4 Å². The first-order valence-electron chi connectivity index (χ1n) is 43.2. The van der Waals surface area contributed by atoms with E-state index < -0.39 is 77.3 Å². The maximum absolute atomic E-state index is 12.6. The van der Waals surface area contributed by atoms with E-state index in [1.54, 1.807) is 24.2 Å². The summed E-state index contributed by atoms with van der Waals surface area (Å²) in [6.07, 6.45) is 8.64. The predicted octanol–water partition coefficient (Wildman–Crippen LogP) is 1.15. The van der Waals surface area contributed by atoms with Gasteiger partial charge in [0.15, 0.2) is 0 Å². The Morgan fingerprint density at radius 2 is 0.595 bits per heavy atom. The molecule has 18 aliphatic rings. The molecule has 5 N–H and O–H groups in total. The van der Waals surface area contributed by atoms with Crippen LogP contribution in [0, 0.1) is 0 Å². The van der Waals surface area contributed by atoms with Crippen molar-refractivity contribution in [3.8, 4) is 0 Å². The lowest BCUT2D eigenvalue weighted by molar-refractivity contribution is -0.00997. The second-order valence-corrected chi connectivity index (χ2v) is 47.9. The van der Waals surface area contributed by atoms with Crippen LogP contribution >= 0.6 is 24.0 Å². The van der Waals surface area contributed by atoms with Gasteiger partial charge in [-0.1, -0.05) is 12.2 Å². The number of methoxy groups -OCH3 is 1. The number of imidazole rings is 1. The highest BCUT2D eigenvalue weighted by Crippen LogP contribution is 2.28. The van der Waals surface area contributed by atoms with E-state index in [9.17, 15) is 24.0 Å².